The molecule has 0 spiro atoms. The minimum absolute atomic E-state index is 0.105. The number of methoxy groups -OCH3 is 1. The Labute approximate surface area is 164 Å². The third kappa shape index (κ3) is 2.82. The maximum Gasteiger partial charge on any atom is 0.254 e. The molecule has 0 radical (unpaired) electrons. The molecule has 1 aromatic rings. The van der Waals surface area contributed by atoms with E-state index in [9.17, 15) is 9.59 Å². The van der Waals surface area contributed by atoms with Crippen LogP contribution in [0.25, 0.3) is 0 Å². The van der Waals surface area contributed by atoms with Gasteiger partial charge in [0.1, 0.15) is 6.07 Å². The molecule has 1 aliphatic heterocycles. The van der Waals surface area contributed by atoms with Crippen molar-refractivity contribution in [1.29, 1.82) is 5.26 Å². The van der Waals surface area contributed by atoms with E-state index >= 15 is 0 Å². The Morgan fingerprint density at radius 1 is 1.26 bits per heavy atom. The minimum atomic E-state index is -0.274. The smallest absolute Gasteiger partial charge is 0.254 e. The Bertz CT molecular complexity index is 890. The summed E-state index contributed by atoms with van der Waals surface area (Å²) in [6.07, 6.45) is 6.43. The predicted octanol–water partition coefficient (Wildman–Crippen LogP) is 2.50. The molecule has 8 heteroatoms. The summed E-state index contributed by atoms with van der Waals surface area (Å²) in [6, 6.07) is 5.22. The molecule has 1 saturated carbocycles. The fourth-order valence-electron chi connectivity index (χ4n) is 4.15. The molecule has 1 saturated heterocycles. The summed E-state index contributed by atoms with van der Waals surface area (Å²) in [6.45, 7) is -0.105. The second-order valence-corrected chi connectivity index (χ2v) is 7.56. The normalized spacial score (nSPS) is 28.1. The fraction of sp³-hybridized carbons (Fsp3) is 0.368. The molecule has 1 heterocycles. The first kappa shape index (κ1) is 17.7. The maximum absolute atomic E-state index is 12.7. The molecule has 2 amide bonds. The standard InChI is InChI=1S/C19H16BrN3O4/c1-26-14-7-12(13(20)8-15(14)27-5-4-21)9-22-23-18(24)16-10-2-3-11(6-10)17(16)19(23)25/h2-3,7-11,16-17H,5-6H2,1H3. The Kier molecular flexibility index (Phi) is 4.48. The van der Waals surface area contributed by atoms with E-state index in [0.717, 1.165) is 11.4 Å². The highest BCUT2D eigenvalue weighted by Gasteiger charge is 2.59. The van der Waals surface area contributed by atoms with Crippen molar-refractivity contribution in [2.24, 2.45) is 28.8 Å². The van der Waals surface area contributed by atoms with Crippen LogP contribution in [0, 0.1) is 35.0 Å². The number of halogens is 1. The number of carbonyl (C=O) groups is 2. The third-order valence-corrected chi connectivity index (χ3v) is 6.02. The van der Waals surface area contributed by atoms with Crippen LogP contribution in [0.5, 0.6) is 11.5 Å². The molecule has 4 atom stereocenters. The van der Waals surface area contributed by atoms with E-state index in [0.29, 0.717) is 21.5 Å². The van der Waals surface area contributed by atoms with Crippen LogP contribution in [0.3, 0.4) is 0 Å². The molecular weight excluding hydrogens is 414 g/mol. The number of rotatable bonds is 5. The first-order chi connectivity index (χ1) is 13.0. The Morgan fingerprint density at radius 3 is 2.52 bits per heavy atom. The van der Waals surface area contributed by atoms with Gasteiger partial charge < -0.3 is 9.47 Å². The third-order valence-electron chi connectivity index (χ3n) is 5.33. The van der Waals surface area contributed by atoms with Gasteiger partial charge in [0.15, 0.2) is 18.1 Å². The first-order valence-corrected chi connectivity index (χ1v) is 9.32. The first-order valence-electron chi connectivity index (χ1n) is 8.52. The number of nitriles is 1. The summed E-state index contributed by atoms with van der Waals surface area (Å²) in [4.78, 5) is 25.3. The van der Waals surface area contributed by atoms with Crippen LogP contribution < -0.4 is 9.47 Å². The van der Waals surface area contributed by atoms with Gasteiger partial charge in [0.05, 0.1) is 25.2 Å². The number of allylic oxidation sites excluding steroid dienone is 2. The summed E-state index contributed by atoms with van der Waals surface area (Å²) in [5, 5.41) is 13.8. The van der Waals surface area contributed by atoms with Gasteiger partial charge in [-0.25, -0.2) is 0 Å². The van der Waals surface area contributed by atoms with Gasteiger partial charge in [0.25, 0.3) is 11.8 Å². The largest absolute Gasteiger partial charge is 0.493 e. The summed E-state index contributed by atoms with van der Waals surface area (Å²) in [5.74, 6) is 0.140. The van der Waals surface area contributed by atoms with Crippen LogP contribution in [0.4, 0.5) is 0 Å². The lowest BCUT2D eigenvalue weighted by molar-refractivity contribution is -0.140. The van der Waals surface area contributed by atoms with Gasteiger partial charge >= 0.3 is 0 Å². The van der Waals surface area contributed by atoms with Crippen LogP contribution >= 0.6 is 15.9 Å². The zero-order valence-electron chi connectivity index (χ0n) is 14.5. The number of benzene rings is 1. The van der Waals surface area contributed by atoms with Crippen molar-refractivity contribution in [3.63, 3.8) is 0 Å². The molecule has 2 bridgehead atoms. The van der Waals surface area contributed by atoms with Crippen molar-refractivity contribution in [2.45, 2.75) is 6.42 Å². The summed E-state index contributed by atoms with van der Waals surface area (Å²) >= 11 is 3.41. The molecule has 4 unspecified atom stereocenters. The number of hydrazone groups is 1. The highest BCUT2D eigenvalue weighted by atomic mass is 79.9. The number of amides is 2. The van der Waals surface area contributed by atoms with Crippen molar-refractivity contribution in [3.8, 4) is 17.6 Å². The topological polar surface area (TPSA) is 92.0 Å². The lowest BCUT2D eigenvalue weighted by atomic mass is 9.85. The van der Waals surface area contributed by atoms with Crippen molar-refractivity contribution in [1.82, 2.24) is 5.01 Å². The van der Waals surface area contributed by atoms with Gasteiger partial charge in [-0.15, -0.1) is 0 Å². The highest BCUT2D eigenvalue weighted by molar-refractivity contribution is 9.10. The van der Waals surface area contributed by atoms with E-state index in [4.69, 9.17) is 14.7 Å². The summed E-state index contributed by atoms with van der Waals surface area (Å²) in [5.41, 5.74) is 0.620. The quantitative estimate of drug-likeness (QED) is 0.407. The van der Waals surface area contributed by atoms with Crippen LogP contribution in [0.2, 0.25) is 0 Å². The van der Waals surface area contributed by atoms with Crippen molar-refractivity contribution >= 4 is 34.0 Å². The van der Waals surface area contributed by atoms with Crippen molar-refractivity contribution in [3.05, 3.63) is 34.3 Å². The zero-order valence-corrected chi connectivity index (χ0v) is 16.0. The summed E-state index contributed by atoms with van der Waals surface area (Å²) in [7, 11) is 1.49. The second kappa shape index (κ2) is 6.82. The fourth-order valence-corrected chi connectivity index (χ4v) is 4.58. The minimum Gasteiger partial charge on any atom is -0.493 e. The highest BCUT2D eigenvalue weighted by Crippen LogP contribution is 2.52. The molecule has 7 nitrogen and oxygen atoms in total. The SMILES string of the molecule is COc1cc(C=NN2C(=O)C3C4C=CC(C4)C3C2=O)c(Br)cc1OCC#N. The Morgan fingerprint density at radius 2 is 1.93 bits per heavy atom. The van der Waals surface area contributed by atoms with Crippen molar-refractivity contribution < 1.29 is 19.1 Å². The number of imide groups is 1. The average Bonchev–Trinajstić information content (AvgIpc) is 3.34. The van der Waals surface area contributed by atoms with Gasteiger partial charge in [0, 0.05) is 10.0 Å². The predicted molar refractivity (Wildman–Crippen MR) is 99.0 cm³/mol. The van der Waals surface area contributed by atoms with E-state index in [1.807, 2.05) is 18.2 Å². The van der Waals surface area contributed by atoms with E-state index < -0.39 is 0 Å². The molecule has 2 aliphatic carbocycles. The molecule has 1 aromatic carbocycles. The number of hydrogen-bond acceptors (Lipinski definition) is 6. The Hall–Kier alpha value is -2.66. The number of carbonyl (C=O) groups excluding carboxylic acids is 2. The zero-order chi connectivity index (χ0) is 19.1. The van der Waals surface area contributed by atoms with E-state index in [-0.39, 0.29) is 42.1 Å². The molecular formula is C19H16BrN3O4. The monoisotopic (exact) mass is 429 g/mol. The number of nitrogens with zero attached hydrogens (tertiary/aromatic N) is 3. The molecule has 138 valence electrons. The maximum atomic E-state index is 12.7. The molecule has 27 heavy (non-hydrogen) atoms. The second-order valence-electron chi connectivity index (χ2n) is 6.70. The number of ether oxygens (including phenoxy) is 2. The van der Waals surface area contributed by atoms with Crippen LogP contribution in [0.1, 0.15) is 12.0 Å². The molecule has 0 aromatic heterocycles. The molecule has 4 rings (SSSR count). The van der Waals surface area contributed by atoms with Crippen LogP contribution in [-0.4, -0.2) is 36.8 Å². The van der Waals surface area contributed by atoms with Crippen LogP contribution in [-0.2, 0) is 9.59 Å². The van der Waals surface area contributed by atoms with E-state index in [1.54, 1.807) is 12.1 Å². The van der Waals surface area contributed by atoms with Gasteiger partial charge in [0.2, 0.25) is 0 Å². The van der Waals surface area contributed by atoms with Gasteiger partial charge in [-0.2, -0.15) is 15.4 Å². The van der Waals surface area contributed by atoms with Crippen molar-refractivity contribution in [2.75, 3.05) is 13.7 Å². The lowest BCUT2D eigenvalue weighted by Gasteiger charge is -2.13. The number of fused-ring (bicyclic) bond motifs is 5. The summed E-state index contributed by atoms with van der Waals surface area (Å²) < 4.78 is 11.2. The van der Waals surface area contributed by atoms with Gasteiger partial charge in [-0.3, -0.25) is 9.59 Å². The molecule has 2 fully saturated rings. The van der Waals surface area contributed by atoms with Gasteiger partial charge in [-0.05, 0) is 46.3 Å². The Balaban J connectivity index is 1.58. The van der Waals surface area contributed by atoms with E-state index in [1.165, 1.54) is 13.3 Å². The molecule has 3 aliphatic rings. The molecule has 0 N–H and O–H groups in total. The number of hydrogen-bond donors (Lipinski definition) is 0. The van der Waals surface area contributed by atoms with E-state index in [2.05, 4.69) is 21.0 Å². The average molecular weight is 430 g/mol. The van der Waals surface area contributed by atoms with Gasteiger partial charge in [-0.1, -0.05) is 12.2 Å². The van der Waals surface area contributed by atoms with Crippen LogP contribution in [0.15, 0.2) is 33.9 Å². The lowest BCUT2D eigenvalue weighted by Crippen LogP contribution is -2.28.